The number of hydrogen-bond acceptors (Lipinski definition) is 2. The van der Waals surface area contributed by atoms with E-state index in [0.29, 0.717) is 12.0 Å². The van der Waals surface area contributed by atoms with Crippen LogP contribution in [0.5, 0.6) is 0 Å². The maximum absolute atomic E-state index is 11.3. The molecular formula is C15H24N2O. The van der Waals surface area contributed by atoms with E-state index in [0.717, 1.165) is 17.8 Å². The van der Waals surface area contributed by atoms with E-state index in [1.165, 1.54) is 0 Å². The van der Waals surface area contributed by atoms with E-state index in [1.54, 1.807) is 18.9 Å². The van der Waals surface area contributed by atoms with Crippen molar-refractivity contribution in [2.24, 2.45) is 5.92 Å². The number of carbonyl (C=O) groups is 1. The number of carbonyl (C=O) groups excluding carboxylic acids is 1. The minimum absolute atomic E-state index is 0.0436. The van der Waals surface area contributed by atoms with E-state index < -0.39 is 0 Å². The Morgan fingerprint density at radius 2 is 2.06 bits per heavy atom. The van der Waals surface area contributed by atoms with Gasteiger partial charge in [-0.15, -0.1) is 0 Å². The summed E-state index contributed by atoms with van der Waals surface area (Å²) < 4.78 is 0. The highest BCUT2D eigenvalue weighted by Crippen LogP contribution is 2.21. The second-order valence-electron chi connectivity index (χ2n) is 4.95. The van der Waals surface area contributed by atoms with Crippen LogP contribution in [0.3, 0.4) is 0 Å². The maximum Gasteiger partial charge on any atom is 0.223 e. The molecule has 1 aromatic carbocycles. The van der Waals surface area contributed by atoms with E-state index >= 15 is 0 Å². The molecule has 0 radical (unpaired) electrons. The van der Waals surface area contributed by atoms with Gasteiger partial charge in [-0.3, -0.25) is 4.79 Å². The van der Waals surface area contributed by atoms with Crippen LogP contribution in [-0.2, 0) is 4.79 Å². The molecule has 0 fully saturated rings. The van der Waals surface area contributed by atoms with Crippen LogP contribution in [-0.4, -0.2) is 19.0 Å². The molecule has 0 bridgehead atoms. The van der Waals surface area contributed by atoms with Gasteiger partial charge < -0.3 is 10.2 Å². The summed E-state index contributed by atoms with van der Waals surface area (Å²) in [4.78, 5) is 13.0. The Balaban J connectivity index is 2.79. The van der Waals surface area contributed by atoms with E-state index in [-0.39, 0.29) is 5.91 Å². The van der Waals surface area contributed by atoms with Gasteiger partial charge in [0.05, 0.1) is 0 Å². The monoisotopic (exact) mass is 248 g/mol. The summed E-state index contributed by atoms with van der Waals surface area (Å²) >= 11 is 0. The Bertz CT molecular complexity index is 403. The molecule has 0 spiro atoms. The van der Waals surface area contributed by atoms with Gasteiger partial charge in [-0.2, -0.15) is 0 Å². The van der Waals surface area contributed by atoms with Crippen molar-refractivity contribution in [2.45, 2.75) is 40.2 Å². The van der Waals surface area contributed by atoms with Crippen LogP contribution in [0.1, 0.15) is 34.1 Å². The van der Waals surface area contributed by atoms with Crippen molar-refractivity contribution in [1.82, 2.24) is 0 Å². The van der Waals surface area contributed by atoms with Gasteiger partial charge >= 0.3 is 0 Å². The first-order valence-electron chi connectivity index (χ1n) is 6.56. The molecule has 1 amide bonds. The molecule has 0 unspecified atom stereocenters. The van der Waals surface area contributed by atoms with Crippen LogP contribution in [0.4, 0.5) is 11.4 Å². The summed E-state index contributed by atoms with van der Waals surface area (Å²) in [5.74, 6) is 0.668. The second kappa shape index (κ2) is 6.43. The summed E-state index contributed by atoms with van der Waals surface area (Å²) in [5.41, 5.74) is 1.98. The zero-order valence-electron chi connectivity index (χ0n) is 12.0. The van der Waals surface area contributed by atoms with Crippen molar-refractivity contribution < 1.29 is 4.79 Å². The van der Waals surface area contributed by atoms with E-state index in [4.69, 9.17) is 0 Å². The summed E-state index contributed by atoms with van der Waals surface area (Å²) in [6.45, 7) is 8.20. The molecule has 0 aliphatic rings. The second-order valence-corrected chi connectivity index (χ2v) is 4.95. The van der Waals surface area contributed by atoms with Gasteiger partial charge in [-0.05, 0) is 31.0 Å². The van der Waals surface area contributed by atoms with Crippen LogP contribution < -0.4 is 10.2 Å². The van der Waals surface area contributed by atoms with Crippen molar-refractivity contribution in [1.29, 1.82) is 0 Å². The predicted molar refractivity (Wildman–Crippen MR) is 78.1 cm³/mol. The first kappa shape index (κ1) is 14.6. The average molecular weight is 248 g/mol. The number of anilines is 2. The van der Waals surface area contributed by atoms with Crippen LogP contribution in [0.2, 0.25) is 0 Å². The van der Waals surface area contributed by atoms with E-state index in [9.17, 15) is 4.79 Å². The molecule has 1 rings (SSSR count). The van der Waals surface area contributed by atoms with Gasteiger partial charge in [-0.25, -0.2) is 0 Å². The number of nitrogens with zero attached hydrogens (tertiary/aromatic N) is 1. The largest absolute Gasteiger partial charge is 0.382 e. The van der Waals surface area contributed by atoms with Crippen molar-refractivity contribution in [3.8, 4) is 0 Å². The first-order chi connectivity index (χ1) is 8.45. The highest BCUT2D eigenvalue weighted by atomic mass is 16.2. The van der Waals surface area contributed by atoms with Crippen LogP contribution >= 0.6 is 0 Å². The molecule has 100 valence electrons. The lowest BCUT2D eigenvalue weighted by Crippen LogP contribution is -2.24. The Morgan fingerprint density at radius 1 is 1.39 bits per heavy atom. The summed E-state index contributed by atoms with van der Waals surface area (Å²) in [7, 11) is 1.79. The number of amides is 1. The highest BCUT2D eigenvalue weighted by molar-refractivity contribution is 5.91. The zero-order valence-corrected chi connectivity index (χ0v) is 12.0. The lowest BCUT2D eigenvalue weighted by Gasteiger charge is -2.22. The van der Waals surface area contributed by atoms with Gasteiger partial charge in [0.2, 0.25) is 5.91 Å². The normalized spacial score (nSPS) is 13.8. The molecule has 0 saturated heterocycles. The molecule has 0 aliphatic carbocycles. The minimum Gasteiger partial charge on any atom is -0.382 e. The number of benzene rings is 1. The third-order valence-electron chi connectivity index (χ3n) is 3.60. The molecule has 3 nitrogen and oxygen atoms in total. The van der Waals surface area contributed by atoms with Gasteiger partial charge in [-0.1, -0.05) is 26.3 Å². The van der Waals surface area contributed by atoms with Gasteiger partial charge in [0.15, 0.2) is 0 Å². The quantitative estimate of drug-likeness (QED) is 0.864. The Kier molecular flexibility index (Phi) is 5.20. The molecule has 1 N–H and O–H groups in total. The first-order valence-corrected chi connectivity index (χ1v) is 6.56. The topological polar surface area (TPSA) is 32.3 Å². The standard InChI is InChI=1S/C15H24N2O/c1-6-11(2)12(3)16-14-8-7-9-15(10-14)17(5)13(4)18/h7-12,16H,6H2,1-5H3/t11-,12-/m1/s1. The van der Waals surface area contributed by atoms with Crippen molar-refractivity contribution in [3.05, 3.63) is 24.3 Å². The lowest BCUT2D eigenvalue weighted by molar-refractivity contribution is -0.116. The van der Waals surface area contributed by atoms with E-state index in [2.05, 4.69) is 26.1 Å². The molecule has 2 atom stereocenters. The van der Waals surface area contributed by atoms with Crippen molar-refractivity contribution in [2.75, 3.05) is 17.3 Å². The smallest absolute Gasteiger partial charge is 0.223 e. The van der Waals surface area contributed by atoms with Crippen molar-refractivity contribution in [3.63, 3.8) is 0 Å². The number of nitrogens with one attached hydrogen (secondary N) is 1. The van der Waals surface area contributed by atoms with Crippen LogP contribution in [0.15, 0.2) is 24.3 Å². The van der Waals surface area contributed by atoms with Crippen LogP contribution in [0, 0.1) is 5.92 Å². The molecular weight excluding hydrogens is 224 g/mol. The molecule has 0 heterocycles. The zero-order chi connectivity index (χ0) is 13.7. The molecule has 18 heavy (non-hydrogen) atoms. The molecule has 0 saturated carbocycles. The summed E-state index contributed by atoms with van der Waals surface area (Å²) in [5, 5.41) is 3.49. The fraction of sp³-hybridized carbons (Fsp3) is 0.533. The summed E-state index contributed by atoms with van der Waals surface area (Å²) in [6, 6.07) is 8.39. The maximum atomic E-state index is 11.3. The Labute approximate surface area is 110 Å². The highest BCUT2D eigenvalue weighted by Gasteiger charge is 2.11. The average Bonchev–Trinajstić information content (AvgIpc) is 2.36. The number of hydrogen-bond donors (Lipinski definition) is 1. The predicted octanol–water partition coefficient (Wildman–Crippen LogP) is 3.52. The molecule has 3 heteroatoms. The Morgan fingerprint density at radius 3 is 2.61 bits per heavy atom. The third kappa shape index (κ3) is 3.76. The number of rotatable bonds is 5. The van der Waals surface area contributed by atoms with Crippen molar-refractivity contribution >= 4 is 17.3 Å². The SMILES string of the molecule is CC[C@@H](C)[C@@H](C)Nc1cccc(N(C)C(C)=O)c1. The summed E-state index contributed by atoms with van der Waals surface area (Å²) in [6.07, 6.45) is 1.15. The fourth-order valence-corrected chi connectivity index (χ4v) is 1.74. The van der Waals surface area contributed by atoms with Gasteiger partial charge in [0, 0.05) is 31.4 Å². The van der Waals surface area contributed by atoms with Gasteiger partial charge in [0.25, 0.3) is 0 Å². The molecule has 1 aromatic rings. The van der Waals surface area contributed by atoms with Crippen LogP contribution in [0.25, 0.3) is 0 Å². The molecule has 0 aliphatic heterocycles. The minimum atomic E-state index is 0.0436. The third-order valence-corrected chi connectivity index (χ3v) is 3.60. The molecule has 0 aromatic heterocycles. The lowest BCUT2D eigenvalue weighted by atomic mass is 10.0. The fourth-order valence-electron chi connectivity index (χ4n) is 1.74. The van der Waals surface area contributed by atoms with Gasteiger partial charge in [0.1, 0.15) is 0 Å². The Hall–Kier alpha value is -1.51. The van der Waals surface area contributed by atoms with E-state index in [1.807, 2.05) is 24.3 Å².